The molecule has 5 heteroatoms. The van der Waals surface area contributed by atoms with E-state index in [1.54, 1.807) is 11.3 Å². The van der Waals surface area contributed by atoms with E-state index in [-0.39, 0.29) is 0 Å². The standard InChI is InChI=1S/C12H16N4S/c1-8-11(13)4-5-12(14-8)16(3)6-10-7-17-9(2)15-10/h4-5,7H,6,13H2,1-3H3. The average molecular weight is 248 g/mol. The van der Waals surface area contributed by atoms with Crippen LogP contribution < -0.4 is 10.6 Å². The van der Waals surface area contributed by atoms with Crippen molar-refractivity contribution in [3.8, 4) is 0 Å². The summed E-state index contributed by atoms with van der Waals surface area (Å²) in [5.41, 5.74) is 8.42. The Morgan fingerprint density at radius 2 is 2.06 bits per heavy atom. The Balaban J connectivity index is 2.14. The third-order valence-corrected chi connectivity index (χ3v) is 3.39. The largest absolute Gasteiger partial charge is 0.397 e. The number of nitrogens with two attached hydrogens (primary N) is 1. The van der Waals surface area contributed by atoms with Gasteiger partial charge in [0.2, 0.25) is 0 Å². The maximum Gasteiger partial charge on any atom is 0.129 e. The molecule has 0 amide bonds. The third-order valence-electron chi connectivity index (χ3n) is 2.57. The number of hydrogen-bond acceptors (Lipinski definition) is 5. The van der Waals surface area contributed by atoms with Gasteiger partial charge in [-0.2, -0.15) is 0 Å². The minimum absolute atomic E-state index is 0.728. The SMILES string of the molecule is Cc1nc(CN(C)c2ccc(N)c(C)n2)cs1. The Hall–Kier alpha value is -1.62. The van der Waals surface area contributed by atoms with Gasteiger partial charge in [-0.15, -0.1) is 11.3 Å². The van der Waals surface area contributed by atoms with Crippen LogP contribution in [0.3, 0.4) is 0 Å². The predicted octanol–water partition coefficient (Wildman–Crippen LogP) is 2.37. The van der Waals surface area contributed by atoms with Gasteiger partial charge in [0.1, 0.15) is 5.82 Å². The molecule has 0 saturated carbocycles. The lowest BCUT2D eigenvalue weighted by Crippen LogP contribution is -2.18. The lowest BCUT2D eigenvalue weighted by molar-refractivity contribution is 0.867. The lowest BCUT2D eigenvalue weighted by atomic mass is 10.3. The maximum absolute atomic E-state index is 5.75. The van der Waals surface area contributed by atoms with Crippen molar-refractivity contribution in [3.05, 3.63) is 33.9 Å². The van der Waals surface area contributed by atoms with Gasteiger partial charge in [-0.3, -0.25) is 0 Å². The number of pyridine rings is 1. The molecule has 0 spiro atoms. The summed E-state index contributed by atoms with van der Waals surface area (Å²) >= 11 is 1.67. The second kappa shape index (κ2) is 4.71. The number of nitrogen functional groups attached to an aromatic ring is 1. The van der Waals surface area contributed by atoms with Crippen LogP contribution in [-0.2, 0) is 6.54 Å². The minimum Gasteiger partial charge on any atom is -0.397 e. The molecule has 2 rings (SSSR count). The van der Waals surface area contributed by atoms with Crippen LogP contribution in [0.1, 0.15) is 16.4 Å². The van der Waals surface area contributed by atoms with Gasteiger partial charge in [-0.1, -0.05) is 0 Å². The van der Waals surface area contributed by atoms with E-state index >= 15 is 0 Å². The number of aryl methyl sites for hydroxylation is 2. The summed E-state index contributed by atoms with van der Waals surface area (Å²) in [7, 11) is 2.01. The molecular formula is C12H16N4S. The highest BCUT2D eigenvalue weighted by Gasteiger charge is 2.07. The van der Waals surface area contributed by atoms with E-state index in [1.807, 2.05) is 33.0 Å². The topological polar surface area (TPSA) is 55.0 Å². The van der Waals surface area contributed by atoms with Crippen LogP contribution in [-0.4, -0.2) is 17.0 Å². The van der Waals surface area contributed by atoms with E-state index in [2.05, 4.69) is 20.2 Å². The first kappa shape index (κ1) is 11.9. The zero-order chi connectivity index (χ0) is 12.4. The van der Waals surface area contributed by atoms with Gasteiger partial charge in [0.25, 0.3) is 0 Å². The summed E-state index contributed by atoms with van der Waals surface area (Å²) in [5.74, 6) is 0.919. The van der Waals surface area contributed by atoms with Crippen LogP contribution in [0.15, 0.2) is 17.5 Å². The molecule has 90 valence electrons. The number of anilines is 2. The van der Waals surface area contributed by atoms with Gasteiger partial charge in [-0.25, -0.2) is 9.97 Å². The van der Waals surface area contributed by atoms with Gasteiger partial charge in [0.15, 0.2) is 0 Å². The monoisotopic (exact) mass is 248 g/mol. The van der Waals surface area contributed by atoms with Crippen molar-refractivity contribution in [2.45, 2.75) is 20.4 Å². The smallest absolute Gasteiger partial charge is 0.129 e. The number of aromatic nitrogens is 2. The Kier molecular flexibility index (Phi) is 3.28. The van der Waals surface area contributed by atoms with Crippen molar-refractivity contribution in [3.63, 3.8) is 0 Å². The molecule has 0 aliphatic rings. The van der Waals surface area contributed by atoms with Gasteiger partial charge in [0.05, 0.1) is 28.6 Å². The molecule has 4 nitrogen and oxygen atoms in total. The molecule has 0 atom stereocenters. The molecule has 17 heavy (non-hydrogen) atoms. The molecule has 2 N–H and O–H groups in total. The van der Waals surface area contributed by atoms with Crippen LogP contribution in [0.2, 0.25) is 0 Å². The zero-order valence-electron chi connectivity index (χ0n) is 10.3. The van der Waals surface area contributed by atoms with Gasteiger partial charge in [0, 0.05) is 12.4 Å². The molecule has 2 heterocycles. The Morgan fingerprint density at radius 3 is 2.65 bits per heavy atom. The van der Waals surface area contributed by atoms with Crippen LogP contribution in [0, 0.1) is 13.8 Å². The molecule has 0 unspecified atom stereocenters. The zero-order valence-corrected chi connectivity index (χ0v) is 11.1. The maximum atomic E-state index is 5.75. The van der Waals surface area contributed by atoms with Crippen molar-refractivity contribution in [2.75, 3.05) is 17.7 Å². The minimum atomic E-state index is 0.728. The van der Waals surface area contributed by atoms with Gasteiger partial charge in [-0.05, 0) is 26.0 Å². The van der Waals surface area contributed by atoms with E-state index in [4.69, 9.17) is 5.73 Å². The molecule has 0 saturated heterocycles. The van der Waals surface area contributed by atoms with Crippen LogP contribution in [0.25, 0.3) is 0 Å². The van der Waals surface area contributed by atoms with Gasteiger partial charge < -0.3 is 10.6 Å². The fourth-order valence-corrected chi connectivity index (χ4v) is 2.18. The Morgan fingerprint density at radius 1 is 1.29 bits per heavy atom. The van der Waals surface area contributed by atoms with E-state index in [9.17, 15) is 0 Å². The van der Waals surface area contributed by atoms with Crippen molar-refractivity contribution in [2.24, 2.45) is 0 Å². The normalized spacial score (nSPS) is 10.5. The van der Waals surface area contributed by atoms with E-state index in [0.29, 0.717) is 0 Å². The second-order valence-corrected chi connectivity index (χ2v) is 5.12. The first-order valence-electron chi connectivity index (χ1n) is 5.41. The molecule has 0 aromatic carbocycles. The van der Waals surface area contributed by atoms with E-state index in [0.717, 1.165) is 34.4 Å². The summed E-state index contributed by atoms with van der Waals surface area (Å²) in [4.78, 5) is 11.0. The summed E-state index contributed by atoms with van der Waals surface area (Å²) in [6.07, 6.45) is 0. The quantitative estimate of drug-likeness (QED) is 0.906. The molecule has 0 aliphatic carbocycles. The van der Waals surface area contributed by atoms with Gasteiger partial charge >= 0.3 is 0 Å². The summed E-state index contributed by atoms with van der Waals surface area (Å²) in [6.45, 7) is 4.69. The molecule has 0 bridgehead atoms. The highest BCUT2D eigenvalue weighted by Crippen LogP contribution is 2.17. The second-order valence-electron chi connectivity index (χ2n) is 4.06. The average Bonchev–Trinajstić information content (AvgIpc) is 2.68. The summed E-state index contributed by atoms with van der Waals surface area (Å²) in [6, 6.07) is 3.82. The number of thiazole rings is 1. The Bertz CT molecular complexity index is 521. The highest BCUT2D eigenvalue weighted by atomic mass is 32.1. The van der Waals surface area contributed by atoms with Crippen molar-refractivity contribution >= 4 is 22.8 Å². The first-order chi connectivity index (χ1) is 8.06. The molecule has 0 aliphatic heterocycles. The predicted molar refractivity (Wildman–Crippen MR) is 72.3 cm³/mol. The fraction of sp³-hybridized carbons (Fsp3) is 0.333. The first-order valence-corrected chi connectivity index (χ1v) is 6.29. The molecular weight excluding hydrogens is 232 g/mol. The van der Waals surface area contributed by atoms with Crippen molar-refractivity contribution < 1.29 is 0 Å². The molecule has 0 fully saturated rings. The number of rotatable bonds is 3. The van der Waals surface area contributed by atoms with Crippen molar-refractivity contribution in [1.82, 2.24) is 9.97 Å². The third kappa shape index (κ3) is 2.74. The van der Waals surface area contributed by atoms with Crippen LogP contribution in [0.4, 0.5) is 11.5 Å². The Labute approximate surface area is 105 Å². The van der Waals surface area contributed by atoms with Crippen molar-refractivity contribution in [1.29, 1.82) is 0 Å². The van der Waals surface area contributed by atoms with Crippen LogP contribution >= 0.6 is 11.3 Å². The summed E-state index contributed by atoms with van der Waals surface area (Å²) in [5, 5.41) is 3.17. The molecule has 2 aromatic heterocycles. The van der Waals surface area contributed by atoms with E-state index < -0.39 is 0 Å². The molecule has 0 radical (unpaired) electrons. The lowest BCUT2D eigenvalue weighted by Gasteiger charge is -2.17. The van der Waals surface area contributed by atoms with Crippen LogP contribution in [0.5, 0.6) is 0 Å². The van der Waals surface area contributed by atoms with E-state index in [1.165, 1.54) is 0 Å². The number of nitrogens with zero attached hydrogens (tertiary/aromatic N) is 3. The number of hydrogen-bond donors (Lipinski definition) is 1. The highest BCUT2D eigenvalue weighted by molar-refractivity contribution is 7.09. The summed E-state index contributed by atoms with van der Waals surface area (Å²) < 4.78 is 0. The molecule has 2 aromatic rings. The fourth-order valence-electron chi connectivity index (χ4n) is 1.58.